The molecular weight excluding hydrogens is 174 g/mol. The summed E-state index contributed by atoms with van der Waals surface area (Å²) in [6.45, 7) is 3.70. The summed E-state index contributed by atoms with van der Waals surface area (Å²) in [6, 6.07) is 8.15. The molecule has 0 saturated carbocycles. The van der Waals surface area contributed by atoms with Gasteiger partial charge in [-0.05, 0) is 24.1 Å². The molecule has 0 aliphatic rings. The van der Waals surface area contributed by atoms with Crippen LogP contribution in [0.25, 0.3) is 10.9 Å². The molecule has 0 atom stereocenters. The molecule has 1 aromatic heterocycles. The first-order valence-corrected chi connectivity index (χ1v) is 4.83. The first kappa shape index (κ1) is 9.00. The Hall–Kier alpha value is -1.57. The topological polar surface area (TPSA) is 32.9 Å². The van der Waals surface area contributed by atoms with Crippen LogP contribution < -0.4 is 0 Å². The van der Waals surface area contributed by atoms with Crippen LogP contribution in [0.5, 0.6) is 0 Å². The predicted octanol–water partition coefficient (Wildman–Crippen LogP) is 2.93. The molecule has 0 amide bonds. The van der Waals surface area contributed by atoms with Crippen LogP contribution in [0.15, 0.2) is 24.3 Å². The number of H-pyrrole nitrogens is 1. The van der Waals surface area contributed by atoms with Crippen molar-refractivity contribution >= 4 is 16.7 Å². The van der Waals surface area contributed by atoms with Gasteiger partial charge in [-0.15, -0.1) is 0 Å². The highest BCUT2D eigenvalue weighted by molar-refractivity contribution is 5.97. The van der Waals surface area contributed by atoms with Crippen molar-refractivity contribution < 1.29 is 4.79 Å². The molecule has 1 aromatic carbocycles. The number of hydrogen-bond acceptors (Lipinski definition) is 1. The summed E-state index contributed by atoms with van der Waals surface area (Å²) in [7, 11) is 0. The molecule has 2 aromatic rings. The third-order valence-electron chi connectivity index (χ3n) is 2.47. The smallest absolute Gasteiger partial charge is 0.175 e. The first-order chi connectivity index (χ1) is 6.70. The van der Waals surface area contributed by atoms with Crippen LogP contribution in [0.1, 0.15) is 29.9 Å². The van der Waals surface area contributed by atoms with Gasteiger partial charge in [0.15, 0.2) is 5.78 Å². The number of carbonyl (C=O) groups is 1. The van der Waals surface area contributed by atoms with E-state index in [2.05, 4.69) is 30.1 Å². The maximum absolute atomic E-state index is 11.1. The molecule has 1 heterocycles. The third-order valence-corrected chi connectivity index (χ3v) is 2.47. The van der Waals surface area contributed by atoms with Crippen molar-refractivity contribution in [3.63, 3.8) is 0 Å². The van der Waals surface area contributed by atoms with Gasteiger partial charge in [0.1, 0.15) is 0 Å². The summed E-state index contributed by atoms with van der Waals surface area (Å²) < 4.78 is 0. The number of rotatable bonds is 2. The fraction of sp³-hybridized carbons (Fsp3) is 0.250. The Kier molecular flexibility index (Phi) is 2.12. The summed E-state index contributed by atoms with van der Waals surface area (Å²) in [5.41, 5.74) is 3.03. The predicted molar refractivity (Wildman–Crippen MR) is 57.7 cm³/mol. The Balaban J connectivity index is 2.60. The molecule has 1 N–H and O–H groups in total. The lowest BCUT2D eigenvalue weighted by atomic mass is 10.1. The van der Waals surface area contributed by atoms with E-state index in [-0.39, 0.29) is 5.78 Å². The Labute approximate surface area is 82.9 Å². The number of carbonyl (C=O) groups excluding carboxylic acids is 1. The number of aryl methyl sites for hydroxylation is 1. The van der Waals surface area contributed by atoms with Gasteiger partial charge >= 0.3 is 0 Å². The van der Waals surface area contributed by atoms with Gasteiger partial charge in [-0.2, -0.15) is 0 Å². The average molecular weight is 187 g/mol. The van der Waals surface area contributed by atoms with E-state index < -0.39 is 0 Å². The maximum Gasteiger partial charge on any atom is 0.175 e. The van der Waals surface area contributed by atoms with Crippen molar-refractivity contribution in [2.75, 3.05) is 0 Å². The molecular formula is C12H13NO. The second kappa shape index (κ2) is 3.29. The molecule has 0 aliphatic heterocycles. The zero-order valence-corrected chi connectivity index (χ0v) is 8.42. The molecule has 0 fully saturated rings. The van der Waals surface area contributed by atoms with Gasteiger partial charge in [0.05, 0.1) is 5.69 Å². The SMILES string of the molecule is CCc1ccc2cc(C(C)=O)[nH]c2c1. The van der Waals surface area contributed by atoms with Crippen molar-refractivity contribution in [2.24, 2.45) is 0 Å². The van der Waals surface area contributed by atoms with Crippen LogP contribution in [0.4, 0.5) is 0 Å². The second-order valence-electron chi connectivity index (χ2n) is 3.51. The number of ketones is 1. The van der Waals surface area contributed by atoms with Crippen molar-refractivity contribution in [3.8, 4) is 0 Å². The highest BCUT2D eigenvalue weighted by atomic mass is 16.1. The van der Waals surface area contributed by atoms with Gasteiger partial charge in [0.25, 0.3) is 0 Å². The van der Waals surface area contributed by atoms with Crippen molar-refractivity contribution in [2.45, 2.75) is 20.3 Å². The summed E-state index contributed by atoms with van der Waals surface area (Å²) in [4.78, 5) is 14.3. The average Bonchev–Trinajstić information content (AvgIpc) is 2.59. The van der Waals surface area contributed by atoms with Gasteiger partial charge < -0.3 is 4.98 Å². The molecule has 0 spiro atoms. The number of Topliss-reactive ketones (excluding diaryl/α,β-unsaturated/α-hetero) is 1. The van der Waals surface area contributed by atoms with Crippen LogP contribution in [-0.4, -0.2) is 10.8 Å². The standard InChI is InChI=1S/C12H13NO/c1-3-9-4-5-10-7-11(8(2)14)13-12(10)6-9/h4-7,13H,3H2,1-2H3. The molecule has 0 radical (unpaired) electrons. The first-order valence-electron chi connectivity index (χ1n) is 4.83. The van der Waals surface area contributed by atoms with Gasteiger partial charge in [0.2, 0.25) is 0 Å². The van der Waals surface area contributed by atoms with Gasteiger partial charge in [-0.3, -0.25) is 4.79 Å². The van der Waals surface area contributed by atoms with Crippen molar-refractivity contribution in [3.05, 3.63) is 35.5 Å². The van der Waals surface area contributed by atoms with Crippen LogP contribution in [0, 0.1) is 0 Å². The van der Waals surface area contributed by atoms with Crippen LogP contribution in [-0.2, 0) is 6.42 Å². The third kappa shape index (κ3) is 1.43. The number of hydrogen-bond donors (Lipinski definition) is 1. The van der Waals surface area contributed by atoms with E-state index in [0.717, 1.165) is 17.3 Å². The number of fused-ring (bicyclic) bond motifs is 1. The summed E-state index contributed by atoms with van der Waals surface area (Å²) in [5.74, 6) is 0.0826. The number of nitrogens with one attached hydrogen (secondary N) is 1. The second-order valence-corrected chi connectivity index (χ2v) is 3.51. The minimum atomic E-state index is 0.0826. The lowest BCUT2D eigenvalue weighted by Gasteiger charge is -1.95. The fourth-order valence-electron chi connectivity index (χ4n) is 1.58. The van der Waals surface area contributed by atoms with Crippen molar-refractivity contribution in [1.82, 2.24) is 4.98 Å². The lowest BCUT2D eigenvalue weighted by molar-refractivity contribution is 0.101. The molecule has 2 nitrogen and oxygen atoms in total. The summed E-state index contributed by atoms with van der Waals surface area (Å²) >= 11 is 0. The number of aromatic nitrogens is 1. The summed E-state index contributed by atoms with van der Waals surface area (Å²) in [6.07, 6.45) is 1.02. The lowest BCUT2D eigenvalue weighted by Crippen LogP contribution is -1.89. The Morgan fingerprint density at radius 2 is 2.14 bits per heavy atom. The molecule has 0 aliphatic carbocycles. The molecule has 0 bridgehead atoms. The largest absolute Gasteiger partial charge is 0.352 e. The van der Waals surface area contributed by atoms with Gasteiger partial charge in [-0.25, -0.2) is 0 Å². The van der Waals surface area contributed by atoms with E-state index in [0.29, 0.717) is 5.69 Å². The normalized spacial score (nSPS) is 10.7. The Morgan fingerprint density at radius 3 is 2.79 bits per heavy atom. The highest BCUT2D eigenvalue weighted by Gasteiger charge is 2.04. The van der Waals surface area contributed by atoms with Gasteiger partial charge in [0, 0.05) is 17.8 Å². The molecule has 14 heavy (non-hydrogen) atoms. The van der Waals surface area contributed by atoms with E-state index in [9.17, 15) is 4.79 Å². The minimum absolute atomic E-state index is 0.0826. The van der Waals surface area contributed by atoms with Crippen LogP contribution in [0.2, 0.25) is 0 Å². The maximum atomic E-state index is 11.1. The van der Waals surface area contributed by atoms with E-state index in [1.165, 1.54) is 5.56 Å². The molecule has 2 heteroatoms. The number of benzene rings is 1. The number of aromatic amines is 1. The Morgan fingerprint density at radius 1 is 1.36 bits per heavy atom. The van der Waals surface area contributed by atoms with E-state index in [1.807, 2.05) is 6.07 Å². The molecule has 0 saturated heterocycles. The molecule has 0 unspecified atom stereocenters. The minimum Gasteiger partial charge on any atom is -0.352 e. The zero-order valence-electron chi connectivity index (χ0n) is 8.42. The van der Waals surface area contributed by atoms with Crippen LogP contribution in [0.3, 0.4) is 0 Å². The summed E-state index contributed by atoms with van der Waals surface area (Å²) in [5, 5.41) is 1.10. The van der Waals surface area contributed by atoms with E-state index in [1.54, 1.807) is 6.92 Å². The highest BCUT2D eigenvalue weighted by Crippen LogP contribution is 2.17. The van der Waals surface area contributed by atoms with Crippen LogP contribution >= 0.6 is 0 Å². The quantitative estimate of drug-likeness (QED) is 0.720. The van der Waals surface area contributed by atoms with Gasteiger partial charge in [-0.1, -0.05) is 19.1 Å². The molecule has 2 rings (SSSR count). The van der Waals surface area contributed by atoms with E-state index in [4.69, 9.17) is 0 Å². The fourth-order valence-corrected chi connectivity index (χ4v) is 1.58. The monoisotopic (exact) mass is 187 g/mol. The molecule has 72 valence electrons. The zero-order chi connectivity index (χ0) is 10.1. The van der Waals surface area contributed by atoms with Crippen molar-refractivity contribution in [1.29, 1.82) is 0 Å². The van der Waals surface area contributed by atoms with E-state index >= 15 is 0 Å². The Bertz CT molecular complexity index is 482.